The highest BCUT2D eigenvalue weighted by atomic mass is 33.1. The van der Waals surface area contributed by atoms with Crippen molar-refractivity contribution in [3.05, 3.63) is 96.3 Å². The van der Waals surface area contributed by atoms with Gasteiger partial charge in [-0.25, -0.2) is 4.79 Å². The van der Waals surface area contributed by atoms with Crippen LogP contribution in [0.25, 0.3) is 0 Å². The van der Waals surface area contributed by atoms with Crippen molar-refractivity contribution in [1.82, 2.24) is 5.32 Å². The molecule has 0 aromatic carbocycles. The summed E-state index contributed by atoms with van der Waals surface area (Å²) in [4.78, 5) is 24.6. The van der Waals surface area contributed by atoms with E-state index in [0.717, 1.165) is 18.4 Å². The molecule has 7 nitrogen and oxygen atoms in total. The minimum absolute atomic E-state index is 0.0263. The molecule has 2 heterocycles. The predicted octanol–water partition coefficient (Wildman–Crippen LogP) is 7.68. The number of hydrogen-bond acceptors (Lipinski definition) is 8. The van der Waals surface area contributed by atoms with Crippen molar-refractivity contribution < 1.29 is 24.2 Å². The van der Waals surface area contributed by atoms with Gasteiger partial charge in [-0.1, -0.05) is 114 Å². The monoisotopic (exact) mass is 684 g/mol. The van der Waals surface area contributed by atoms with Gasteiger partial charge in [0.1, 0.15) is 6.10 Å². The molecule has 4 N–H and O–H groups in total. The molecule has 0 saturated carbocycles. The SMILES string of the molecule is C/C=C/[C@@H]1O[C@H](C(/C=C/C=C(\C)CC(C)/C=C(C)\C=C\[C@H]2CC=CC(=O)O2)NC(=O)CCSSC(/C=C\C=C/N)CC)C[C@@H](O)C1C. The molecule has 0 bridgehead atoms. The number of ether oxygens (including phenoxy) is 2. The van der Waals surface area contributed by atoms with E-state index in [2.05, 4.69) is 51.2 Å². The minimum Gasteiger partial charge on any atom is -0.455 e. The topological polar surface area (TPSA) is 111 Å². The smallest absolute Gasteiger partial charge is 0.331 e. The molecule has 1 saturated heterocycles. The first-order valence-electron chi connectivity index (χ1n) is 16.7. The molecule has 2 rings (SSSR count). The Labute approximate surface area is 291 Å². The van der Waals surface area contributed by atoms with Crippen molar-refractivity contribution in [2.45, 2.75) is 109 Å². The van der Waals surface area contributed by atoms with Gasteiger partial charge < -0.3 is 25.6 Å². The number of allylic oxidation sites excluding steroid dienone is 9. The van der Waals surface area contributed by atoms with Gasteiger partial charge in [0.05, 0.1) is 24.4 Å². The summed E-state index contributed by atoms with van der Waals surface area (Å²) in [6, 6.07) is -0.373. The second-order valence-corrected chi connectivity index (χ2v) is 15.0. The maximum absolute atomic E-state index is 13.1. The van der Waals surface area contributed by atoms with Crippen molar-refractivity contribution in [3.63, 3.8) is 0 Å². The van der Waals surface area contributed by atoms with E-state index in [1.54, 1.807) is 21.6 Å². The number of nitrogens with one attached hydrogen (secondary N) is 1. The average molecular weight is 685 g/mol. The van der Waals surface area contributed by atoms with E-state index < -0.39 is 6.10 Å². The molecular weight excluding hydrogens is 629 g/mol. The summed E-state index contributed by atoms with van der Waals surface area (Å²) < 4.78 is 11.7. The van der Waals surface area contributed by atoms with Gasteiger partial charge in [-0.15, -0.1) is 0 Å². The van der Waals surface area contributed by atoms with E-state index in [9.17, 15) is 14.7 Å². The third-order valence-corrected chi connectivity index (χ3v) is 10.8. The number of aliphatic hydroxyl groups is 1. The van der Waals surface area contributed by atoms with Gasteiger partial charge in [0.25, 0.3) is 0 Å². The molecule has 1 fully saturated rings. The zero-order chi connectivity index (χ0) is 34.6. The lowest BCUT2D eigenvalue weighted by molar-refractivity contribution is -0.141. The third-order valence-electron chi connectivity index (χ3n) is 7.95. The summed E-state index contributed by atoms with van der Waals surface area (Å²) in [7, 11) is 3.46. The lowest BCUT2D eigenvalue weighted by Crippen LogP contribution is -2.51. The molecule has 0 aromatic rings. The summed E-state index contributed by atoms with van der Waals surface area (Å²) >= 11 is 0. The van der Waals surface area contributed by atoms with E-state index >= 15 is 0 Å². The molecule has 9 heteroatoms. The second-order valence-electron chi connectivity index (χ2n) is 12.3. The largest absolute Gasteiger partial charge is 0.455 e. The molecular formula is C38H56N2O5S2. The van der Waals surface area contributed by atoms with Crippen LogP contribution < -0.4 is 11.1 Å². The van der Waals surface area contributed by atoms with Crippen molar-refractivity contribution in [2.24, 2.45) is 17.6 Å². The van der Waals surface area contributed by atoms with Gasteiger partial charge in [0.15, 0.2) is 0 Å². The quantitative estimate of drug-likeness (QED) is 0.0443. The van der Waals surface area contributed by atoms with Gasteiger partial charge >= 0.3 is 5.97 Å². The standard InChI is InChI=1S/C38H56N2O5S2/c1-7-13-35-30(6)34(41)26-36(45-35)33(40-37(42)21-23-46-47-32(8-2)16-9-10-22-39)17-11-14-27(3)24-29(5)25-28(4)19-20-31-15-12-18-38(43)44-31/h7,9-14,16-20,22,25,29-36,41H,8,15,21,23-24,26,39H2,1-6H3,(H,40,42)/b13-7+,16-9-,17-11+,20-19+,22-10-,27-14+,28-25-/t29?,30?,31-,32?,33?,34-,35+,36+/m1/s1. The molecule has 0 spiro atoms. The Morgan fingerprint density at radius 3 is 2.70 bits per heavy atom. The van der Waals surface area contributed by atoms with E-state index in [1.807, 2.05) is 68.5 Å². The molecule has 0 aromatic heterocycles. The molecule has 47 heavy (non-hydrogen) atoms. The number of esters is 1. The molecule has 8 atom stereocenters. The molecule has 0 aliphatic carbocycles. The van der Waals surface area contributed by atoms with E-state index in [1.165, 1.54) is 17.8 Å². The fourth-order valence-electron chi connectivity index (χ4n) is 5.37. The number of hydrogen-bond donors (Lipinski definition) is 3. The van der Waals surface area contributed by atoms with E-state index in [-0.39, 0.29) is 42.1 Å². The number of rotatable bonds is 18. The fraction of sp³-hybridized carbons (Fsp3) is 0.526. The maximum atomic E-state index is 13.1. The lowest BCUT2D eigenvalue weighted by atomic mass is 9.87. The Morgan fingerprint density at radius 1 is 1.21 bits per heavy atom. The van der Waals surface area contributed by atoms with Crippen LogP contribution in [0.4, 0.5) is 0 Å². The van der Waals surface area contributed by atoms with Gasteiger partial charge in [-0.05, 0) is 57.9 Å². The van der Waals surface area contributed by atoms with Crippen LogP contribution >= 0.6 is 21.6 Å². The average Bonchev–Trinajstić information content (AvgIpc) is 3.03. The van der Waals surface area contributed by atoms with Crippen molar-refractivity contribution in [2.75, 3.05) is 5.75 Å². The third kappa shape index (κ3) is 16.3. The summed E-state index contributed by atoms with van der Waals surface area (Å²) in [5, 5.41) is 14.4. The first-order chi connectivity index (χ1) is 22.6. The van der Waals surface area contributed by atoms with E-state index in [4.69, 9.17) is 15.2 Å². The van der Waals surface area contributed by atoms with Crippen LogP contribution in [0.1, 0.15) is 73.6 Å². The Hall–Kier alpha value is -2.72. The van der Waals surface area contributed by atoms with Crippen LogP contribution in [-0.4, -0.2) is 58.4 Å². The molecule has 260 valence electrons. The highest BCUT2D eigenvalue weighted by Gasteiger charge is 2.37. The van der Waals surface area contributed by atoms with Crippen LogP contribution in [0, 0.1) is 11.8 Å². The molecule has 1 amide bonds. The van der Waals surface area contributed by atoms with Crippen LogP contribution in [0.2, 0.25) is 0 Å². The summed E-state index contributed by atoms with van der Waals surface area (Å²) in [6.07, 6.45) is 29.0. The van der Waals surface area contributed by atoms with Crippen LogP contribution in [0.3, 0.4) is 0 Å². The Kier molecular flexibility index (Phi) is 19.6. The molecule has 2 aliphatic heterocycles. The Morgan fingerprint density at radius 2 is 2.00 bits per heavy atom. The predicted molar refractivity (Wildman–Crippen MR) is 200 cm³/mol. The van der Waals surface area contributed by atoms with Gasteiger partial charge in [0, 0.05) is 42.3 Å². The zero-order valence-corrected chi connectivity index (χ0v) is 30.6. The second kappa shape index (κ2) is 22.8. The Bertz CT molecular complexity index is 1220. The number of carbonyl (C=O) groups excluding carboxylic acids is 2. The summed E-state index contributed by atoms with van der Waals surface area (Å²) in [5.74, 6) is 0.641. The highest BCUT2D eigenvalue weighted by Crippen LogP contribution is 2.31. The Balaban J connectivity index is 2.03. The number of aliphatic hydroxyl groups excluding tert-OH is 1. The normalized spacial score (nSPS) is 26.5. The van der Waals surface area contributed by atoms with Crippen molar-refractivity contribution in [3.8, 4) is 0 Å². The lowest BCUT2D eigenvalue weighted by Gasteiger charge is -2.39. The number of nitrogens with two attached hydrogens (primary N) is 1. The maximum Gasteiger partial charge on any atom is 0.331 e. The molecule has 2 aliphatic rings. The van der Waals surface area contributed by atoms with Gasteiger partial charge in [-0.3, -0.25) is 4.79 Å². The van der Waals surface area contributed by atoms with Gasteiger partial charge in [0.2, 0.25) is 5.91 Å². The number of amides is 1. The zero-order valence-electron chi connectivity index (χ0n) is 28.9. The first-order valence-corrected chi connectivity index (χ1v) is 19.1. The summed E-state index contributed by atoms with van der Waals surface area (Å²) in [6.45, 7) is 12.4. The summed E-state index contributed by atoms with van der Waals surface area (Å²) in [5.41, 5.74) is 7.74. The highest BCUT2D eigenvalue weighted by molar-refractivity contribution is 8.77. The molecule has 0 radical (unpaired) electrons. The number of carbonyl (C=O) groups is 2. The van der Waals surface area contributed by atoms with E-state index in [0.29, 0.717) is 36.2 Å². The van der Waals surface area contributed by atoms with Crippen LogP contribution in [0.5, 0.6) is 0 Å². The van der Waals surface area contributed by atoms with Gasteiger partial charge in [-0.2, -0.15) is 0 Å². The molecule has 4 unspecified atom stereocenters. The fourth-order valence-corrected chi connectivity index (χ4v) is 7.86. The first kappa shape index (κ1) is 40.5. The number of cyclic esters (lactones) is 1. The van der Waals surface area contributed by atoms with Crippen molar-refractivity contribution in [1.29, 1.82) is 0 Å². The minimum atomic E-state index is -0.522. The van der Waals surface area contributed by atoms with Crippen LogP contribution in [0.15, 0.2) is 96.3 Å². The van der Waals surface area contributed by atoms with Crippen molar-refractivity contribution >= 4 is 33.5 Å². The van der Waals surface area contributed by atoms with Crippen LogP contribution in [-0.2, 0) is 19.1 Å².